The molecule has 0 amide bonds. The molecule has 0 radical (unpaired) electrons. The molecule has 2 aliphatic heterocycles. The Morgan fingerprint density at radius 2 is 1.56 bits per heavy atom. The van der Waals surface area contributed by atoms with Crippen LogP contribution in [-0.4, -0.2) is 36.1 Å². The molecule has 104 valence electrons. The average molecular weight is 250 g/mol. The summed E-state index contributed by atoms with van der Waals surface area (Å²) in [4.78, 5) is 2.65. The van der Waals surface area contributed by atoms with Crippen molar-refractivity contribution in [3.63, 3.8) is 0 Å². The number of rotatable bonds is 2. The van der Waals surface area contributed by atoms with Crippen LogP contribution in [0.4, 0.5) is 0 Å². The fraction of sp³-hybridized carbons (Fsp3) is 1.00. The summed E-state index contributed by atoms with van der Waals surface area (Å²) in [5.41, 5.74) is 0. The van der Waals surface area contributed by atoms with E-state index in [0.717, 1.165) is 30.1 Å². The second-order valence-corrected chi connectivity index (χ2v) is 7.20. The van der Waals surface area contributed by atoms with Gasteiger partial charge in [0, 0.05) is 24.2 Å². The van der Waals surface area contributed by atoms with Crippen molar-refractivity contribution in [1.29, 1.82) is 0 Å². The Morgan fingerprint density at radius 1 is 0.833 bits per heavy atom. The molecule has 0 spiro atoms. The lowest BCUT2D eigenvalue weighted by molar-refractivity contribution is 0.141. The molecule has 4 unspecified atom stereocenters. The lowest BCUT2D eigenvalue weighted by atomic mass is 9.96. The summed E-state index contributed by atoms with van der Waals surface area (Å²) < 4.78 is 0. The Bertz CT molecular complexity index is 264. The van der Waals surface area contributed by atoms with Gasteiger partial charge in [-0.25, -0.2) is 0 Å². The van der Waals surface area contributed by atoms with E-state index in [1.807, 2.05) is 0 Å². The molecule has 3 aliphatic rings. The number of hydrogen-bond acceptors (Lipinski definition) is 2. The Balaban J connectivity index is 1.51. The molecule has 2 bridgehead atoms. The van der Waals surface area contributed by atoms with E-state index >= 15 is 0 Å². The van der Waals surface area contributed by atoms with Crippen LogP contribution in [0, 0.1) is 5.92 Å². The van der Waals surface area contributed by atoms with E-state index in [-0.39, 0.29) is 0 Å². The molecule has 0 aromatic carbocycles. The maximum atomic E-state index is 4.01. The Morgan fingerprint density at radius 3 is 2.28 bits per heavy atom. The smallest absolute Gasteiger partial charge is 0.0111 e. The van der Waals surface area contributed by atoms with Gasteiger partial charge in [0.25, 0.3) is 0 Å². The quantitative estimate of drug-likeness (QED) is 0.757. The molecule has 1 aliphatic carbocycles. The van der Waals surface area contributed by atoms with Crippen LogP contribution < -0.4 is 5.32 Å². The van der Waals surface area contributed by atoms with Crippen molar-refractivity contribution in [3.05, 3.63) is 0 Å². The van der Waals surface area contributed by atoms with Gasteiger partial charge in [0.2, 0.25) is 0 Å². The summed E-state index contributed by atoms with van der Waals surface area (Å²) in [5.74, 6) is 0.963. The molecule has 3 fully saturated rings. The van der Waals surface area contributed by atoms with Gasteiger partial charge in [-0.2, -0.15) is 0 Å². The molecule has 1 N–H and O–H groups in total. The highest BCUT2D eigenvalue weighted by molar-refractivity contribution is 4.96. The van der Waals surface area contributed by atoms with Crippen molar-refractivity contribution in [3.8, 4) is 0 Å². The fourth-order valence-corrected chi connectivity index (χ4v) is 4.53. The van der Waals surface area contributed by atoms with Crippen molar-refractivity contribution in [2.45, 2.75) is 88.9 Å². The SMILES string of the molecule is CC1CCCC(NC2CC3CCC(C2)N3C)CC1. The highest BCUT2D eigenvalue weighted by atomic mass is 15.2. The summed E-state index contributed by atoms with van der Waals surface area (Å²) >= 11 is 0. The summed E-state index contributed by atoms with van der Waals surface area (Å²) in [6.07, 6.45) is 12.9. The highest BCUT2D eigenvalue weighted by Gasteiger charge is 2.38. The molecule has 1 saturated carbocycles. The summed E-state index contributed by atoms with van der Waals surface area (Å²) in [6.45, 7) is 2.43. The molecule has 2 nitrogen and oxygen atoms in total. The third-order valence-corrected chi connectivity index (χ3v) is 5.83. The third kappa shape index (κ3) is 2.75. The van der Waals surface area contributed by atoms with E-state index in [2.05, 4.69) is 24.2 Å². The molecule has 18 heavy (non-hydrogen) atoms. The predicted octanol–water partition coefficient (Wildman–Crippen LogP) is 3.17. The van der Waals surface area contributed by atoms with Crippen LogP contribution >= 0.6 is 0 Å². The number of piperidine rings is 1. The second kappa shape index (κ2) is 5.50. The van der Waals surface area contributed by atoms with Crippen molar-refractivity contribution in [2.75, 3.05) is 7.05 Å². The first-order chi connectivity index (χ1) is 8.72. The number of hydrogen-bond donors (Lipinski definition) is 1. The monoisotopic (exact) mass is 250 g/mol. The minimum absolute atomic E-state index is 0.817. The molecule has 4 atom stereocenters. The second-order valence-electron chi connectivity index (χ2n) is 7.20. The van der Waals surface area contributed by atoms with Crippen molar-refractivity contribution in [2.24, 2.45) is 5.92 Å². The molecule has 0 aromatic heterocycles. The van der Waals surface area contributed by atoms with Crippen LogP contribution in [0.25, 0.3) is 0 Å². The van der Waals surface area contributed by atoms with Gasteiger partial charge in [-0.1, -0.05) is 19.8 Å². The van der Waals surface area contributed by atoms with E-state index in [1.165, 1.54) is 57.8 Å². The zero-order valence-electron chi connectivity index (χ0n) is 12.2. The fourth-order valence-electron chi connectivity index (χ4n) is 4.53. The first-order valence-electron chi connectivity index (χ1n) is 8.20. The van der Waals surface area contributed by atoms with Gasteiger partial charge < -0.3 is 10.2 Å². The summed E-state index contributed by atoms with van der Waals surface area (Å²) in [5, 5.41) is 4.01. The van der Waals surface area contributed by atoms with Gasteiger partial charge >= 0.3 is 0 Å². The molecule has 2 heteroatoms. The lowest BCUT2D eigenvalue weighted by Gasteiger charge is -2.38. The van der Waals surface area contributed by atoms with Crippen LogP contribution in [0.1, 0.15) is 64.7 Å². The van der Waals surface area contributed by atoms with Gasteiger partial charge in [-0.15, -0.1) is 0 Å². The van der Waals surface area contributed by atoms with Gasteiger partial charge in [-0.3, -0.25) is 0 Å². The van der Waals surface area contributed by atoms with E-state index in [4.69, 9.17) is 0 Å². The van der Waals surface area contributed by atoms with Crippen LogP contribution in [-0.2, 0) is 0 Å². The maximum absolute atomic E-state index is 4.01. The Labute approximate surface area is 113 Å². The normalized spacial score (nSPS) is 46.0. The van der Waals surface area contributed by atoms with E-state index in [9.17, 15) is 0 Å². The minimum atomic E-state index is 0.817. The van der Waals surface area contributed by atoms with Crippen molar-refractivity contribution < 1.29 is 0 Å². The maximum Gasteiger partial charge on any atom is 0.0111 e. The van der Waals surface area contributed by atoms with Crippen molar-refractivity contribution >= 4 is 0 Å². The lowest BCUT2D eigenvalue weighted by Crippen LogP contribution is -2.49. The molecular weight excluding hydrogens is 220 g/mol. The molecular formula is C16H30N2. The highest BCUT2D eigenvalue weighted by Crippen LogP contribution is 2.35. The Kier molecular flexibility index (Phi) is 3.95. The predicted molar refractivity (Wildman–Crippen MR) is 76.8 cm³/mol. The van der Waals surface area contributed by atoms with E-state index in [1.54, 1.807) is 0 Å². The zero-order valence-corrected chi connectivity index (χ0v) is 12.2. The van der Waals surface area contributed by atoms with Crippen molar-refractivity contribution in [1.82, 2.24) is 10.2 Å². The van der Waals surface area contributed by atoms with Crippen LogP contribution in [0.3, 0.4) is 0 Å². The summed E-state index contributed by atoms with van der Waals surface area (Å²) in [7, 11) is 2.34. The zero-order chi connectivity index (χ0) is 12.5. The first kappa shape index (κ1) is 12.9. The third-order valence-electron chi connectivity index (χ3n) is 5.83. The summed E-state index contributed by atoms with van der Waals surface area (Å²) in [6, 6.07) is 3.40. The van der Waals surface area contributed by atoms with Gasteiger partial charge in [0.15, 0.2) is 0 Å². The van der Waals surface area contributed by atoms with Gasteiger partial charge in [0.05, 0.1) is 0 Å². The van der Waals surface area contributed by atoms with Crippen LogP contribution in [0.5, 0.6) is 0 Å². The minimum Gasteiger partial charge on any atom is -0.311 e. The molecule has 0 aromatic rings. The molecule has 2 saturated heterocycles. The van der Waals surface area contributed by atoms with Crippen LogP contribution in [0.2, 0.25) is 0 Å². The number of nitrogens with one attached hydrogen (secondary N) is 1. The number of fused-ring (bicyclic) bond motifs is 2. The van der Waals surface area contributed by atoms with Gasteiger partial charge in [0.1, 0.15) is 0 Å². The average Bonchev–Trinajstić information content (AvgIpc) is 2.58. The van der Waals surface area contributed by atoms with Gasteiger partial charge in [-0.05, 0) is 57.9 Å². The first-order valence-corrected chi connectivity index (χ1v) is 8.20. The van der Waals surface area contributed by atoms with E-state index < -0.39 is 0 Å². The molecule has 3 rings (SSSR count). The molecule has 2 heterocycles. The standard InChI is InChI=1S/C16H30N2/c1-12-4-3-5-13(7-6-12)17-14-10-15-8-9-16(11-14)18(15)2/h12-17H,3-11H2,1-2H3. The number of nitrogens with zero attached hydrogens (tertiary/aromatic N) is 1. The largest absolute Gasteiger partial charge is 0.311 e. The Hall–Kier alpha value is -0.0800. The van der Waals surface area contributed by atoms with E-state index in [0.29, 0.717) is 0 Å². The topological polar surface area (TPSA) is 15.3 Å². The van der Waals surface area contributed by atoms with Crippen LogP contribution in [0.15, 0.2) is 0 Å².